The predicted molar refractivity (Wildman–Crippen MR) is 64.0 cm³/mol. The molecule has 1 saturated heterocycles. The first kappa shape index (κ1) is 11.2. The van der Waals surface area contributed by atoms with Gasteiger partial charge in [0.15, 0.2) is 0 Å². The quantitative estimate of drug-likeness (QED) is 0.819. The number of Topliss-reactive ketones (excluding diaryl/α,β-unsaturated/α-hetero) is 1. The number of carbonyl (C=O) groups excluding carboxylic acids is 2. The Balaban J connectivity index is 2.14. The zero-order chi connectivity index (χ0) is 12.9. The molecule has 0 saturated carbocycles. The molecule has 0 bridgehead atoms. The maximum absolute atomic E-state index is 12.2. The fraction of sp³-hybridized carbons (Fsp3) is 0.385. The molecule has 2 N–H and O–H groups in total. The van der Waals surface area contributed by atoms with E-state index in [0.29, 0.717) is 12.1 Å². The lowest BCUT2D eigenvalue weighted by Crippen LogP contribution is -2.48. The SMILES string of the molecule is CCCN1C(=O)N[C@]2(O)C(=O)c3ccccc3[C@H]12. The third-order valence-corrected chi connectivity index (χ3v) is 3.58. The Bertz CT molecular complexity index is 543. The maximum atomic E-state index is 12.2. The highest BCUT2D eigenvalue weighted by atomic mass is 16.3. The fourth-order valence-corrected chi connectivity index (χ4v) is 2.84. The first-order valence-corrected chi connectivity index (χ1v) is 6.04. The number of carbonyl (C=O) groups is 2. The van der Waals surface area contributed by atoms with E-state index in [2.05, 4.69) is 5.32 Å². The lowest BCUT2D eigenvalue weighted by Gasteiger charge is -2.25. The van der Waals surface area contributed by atoms with Crippen molar-refractivity contribution in [3.8, 4) is 0 Å². The summed E-state index contributed by atoms with van der Waals surface area (Å²) in [7, 11) is 0. The number of ketones is 1. The Kier molecular flexibility index (Phi) is 2.22. The number of fused-ring (bicyclic) bond motifs is 3. The van der Waals surface area contributed by atoms with Gasteiger partial charge < -0.3 is 15.3 Å². The first-order valence-electron chi connectivity index (χ1n) is 6.04. The third-order valence-electron chi connectivity index (χ3n) is 3.58. The van der Waals surface area contributed by atoms with E-state index in [1.165, 1.54) is 4.90 Å². The van der Waals surface area contributed by atoms with Crippen LogP contribution in [0.2, 0.25) is 0 Å². The molecule has 1 heterocycles. The number of benzene rings is 1. The van der Waals surface area contributed by atoms with Gasteiger partial charge in [-0.25, -0.2) is 4.79 Å². The number of hydrogen-bond donors (Lipinski definition) is 2. The van der Waals surface area contributed by atoms with Crippen molar-refractivity contribution in [1.82, 2.24) is 10.2 Å². The second kappa shape index (κ2) is 3.55. The Hall–Kier alpha value is -1.88. The van der Waals surface area contributed by atoms with Gasteiger partial charge in [-0.2, -0.15) is 0 Å². The molecule has 1 aromatic carbocycles. The molecule has 0 radical (unpaired) electrons. The Labute approximate surface area is 104 Å². The molecular formula is C13H14N2O3. The van der Waals surface area contributed by atoms with Crippen LogP contribution in [-0.4, -0.2) is 34.1 Å². The zero-order valence-electron chi connectivity index (χ0n) is 10.0. The van der Waals surface area contributed by atoms with Crippen molar-refractivity contribution >= 4 is 11.8 Å². The van der Waals surface area contributed by atoms with Crippen molar-refractivity contribution in [1.29, 1.82) is 0 Å². The van der Waals surface area contributed by atoms with Gasteiger partial charge in [0.1, 0.15) is 6.04 Å². The highest BCUT2D eigenvalue weighted by Crippen LogP contribution is 2.45. The van der Waals surface area contributed by atoms with Gasteiger partial charge in [-0.3, -0.25) is 4.79 Å². The Morgan fingerprint density at radius 2 is 2.11 bits per heavy atom. The molecule has 1 aliphatic heterocycles. The molecule has 1 fully saturated rings. The molecule has 2 aliphatic rings. The molecule has 2 amide bonds. The number of amides is 2. The van der Waals surface area contributed by atoms with Crippen molar-refractivity contribution in [2.45, 2.75) is 25.1 Å². The molecule has 3 rings (SSSR count). The van der Waals surface area contributed by atoms with E-state index in [0.717, 1.165) is 12.0 Å². The van der Waals surface area contributed by atoms with Crippen LogP contribution in [0.3, 0.4) is 0 Å². The maximum Gasteiger partial charge on any atom is 0.320 e. The highest BCUT2D eigenvalue weighted by Gasteiger charge is 2.61. The lowest BCUT2D eigenvalue weighted by atomic mass is 10.0. The van der Waals surface area contributed by atoms with Gasteiger partial charge in [-0.15, -0.1) is 0 Å². The topological polar surface area (TPSA) is 69.6 Å². The molecule has 18 heavy (non-hydrogen) atoms. The van der Waals surface area contributed by atoms with Crippen LogP contribution in [0.4, 0.5) is 4.79 Å². The van der Waals surface area contributed by atoms with Crippen LogP contribution in [-0.2, 0) is 0 Å². The standard InChI is InChI=1S/C13H14N2O3/c1-2-7-15-10-8-5-3-4-6-9(8)11(16)13(10,18)14-12(15)17/h3-6,10,18H,2,7H2,1H3,(H,14,17)/t10-,13+/m0/s1. The molecule has 0 aromatic heterocycles. The fourth-order valence-electron chi connectivity index (χ4n) is 2.84. The highest BCUT2D eigenvalue weighted by molar-refractivity contribution is 6.10. The van der Waals surface area contributed by atoms with Crippen LogP contribution in [0, 0.1) is 0 Å². The summed E-state index contributed by atoms with van der Waals surface area (Å²) in [6.07, 6.45) is 0.774. The average molecular weight is 246 g/mol. The lowest BCUT2D eigenvalue weighted by molar-refractivity contribution is 0.00777. The summed E-state index contributed by atoms with van der Waals surface area (Å²) < 4.78 is 0. The number of hydrogen-bond acceptors (Lipinski definition) is 3. The molecule has 0 unspecified atom stereocenters. The molecule has 94 valence electrons. The smallest absolute Gasteiger partial charge is 0.320 e. The number of nitrogens with one attached hydrogen (secondary N) is 1. The van der Waals surface area contributed by atoms with Crippen molar-refractivity contribution in [3.05, 3.63) is 35.4 Å². The van der Waals surface area contributed by atoms with Crippen LogP contribution in [0.25, 0.3) is 0 Å². The number of aliphatic hydroxyl groups is 1. The first-order chi connectivity index (χ1) is 8.59. The summed E-state index contributed by atoms with van der Waals surface area (Å²) in [5, 5.41) is 12.9. The Morgan fingerprint density at radius 1 is 1.39 bits per heavy atom. The normalized spacial score (nSPS) is 29.2. The summed E-state index contributed by atoms with van der Waals surface area (Å²) in [5.41, 5.74) is -0.585. The van der Waals surface area contributed by atoms with Gasteiger partial charge in [-0.05, 0) is 12.0 Å². The average Bonchev–Trinajstić information content (AvgIpc) is 2.72. The summed E-state index contributed by atoms with van der Waals surface area (Å²) in [5.74, 6) is -0.421. The zero-order valence-corrected chi connectivity index (χ0v) is 10.0. The van der Waals surface area contributed by atoms with Gasteiger partial charge in [0.25, 0.3) is 0 Å². The molecular weight excluding hydrogens is 232 g/mol. The van der Waals surface area contributed by atoms with E-state index in [1.54, 1.807) is 18.2 Å². The van der Waals surface area contributed by atoms with E-state index < -0.39 is 17.6 Å². The van der Waals surface area contributed by atoms with Crippen molar-refractivity contribution in [2.75, 3.05) is 6.54 Å². The van der Waals surface area contributed by atoms with Crippen molar-refractivity contribution in [3.63, 3.8) is 0 Å². The molecule has 5 nitrogen and oxygen atoms in total. The van der Waals surface area contributed by atoms with Gasteiger partial charge in [0.05, 0.1) is 0 Å². The van der Waals surface area contributed by atoms with Gasteiger partial charge >= 0.3 is 6.03 Å². The summed E-state index contributed by atoms with van der Waals surface area (Å²) >= 11 is 0. The van der Waals surface area contributed by atoms with Gasteiger partial charge in [0.2, 0.25) is 11.5 Å². The van der Waals surface area contributed by atoms with Gasteiger partial charge in [-0.1, -0.05) is 31.2 Å². The summed E-state index contributed by atoms with van der Waals surface area (Å²) in [6.45, 7) is 2.47. The summed E-state index contributed by atoms with van der Waals surface area (Å²) in [6, 6.07) is 6.06. The predicted octanol–water partition coefficient (Wildman–Crippen LogP) is 1.05. The molecule has 0 spiro atoms. The molecule has 2 atom stereocenters. The van der Waals surface area contributed by atoms with E-state index in [4.69, 9.17) is 0 Å². The van der Waals surface area contributed by atoms with E-state index in [-0.39, 0.29) is 6.03 Å². The molecule has 1 aliphatic carbocycles. The van der Waals surface area contributed by atoms with Gasteiger partial charge in [0, 0.05) is 12.1 Å². The van der Waals surface area contributed by atoms with Crippen molar-refractivity contribution < 1.29 is 14.7 Å². The van der Waals surface area contributed by atoms with Crippen LogP contribution >= 0.6 is 0 Å². The van der Waals surface area contributed by atoms with E-state index in [9.17, 15) is 14.7 Å². The van der Waals surface area contributed by atoms with E-state index >= 15 is 0 Å². The molecule has 1 aromatic rings. The molecule has 5 heteroatoms. The summed E-state index contributed by atoms with van der Waals surface area (Å²) in [4.78, 5) is 25.6. The number of nitrogens with zero attached hydrogens (tertiary/aromatic N) is 1. The number of urea groups is 1. The number of rotatable bonds is 2. The van der Waals surface area contributed by atoms with Crippen molar-refractivity contribution in [2.24, 2.45) is 0 Å². The minimum absolute atomic E-state index is 0.382. The van der Waals surface area contributed by atoms with Crippen LogP contribution in [0.1, 0.15) is 35.3 Å². The second-order valence-electron chi connectivity index (χ2n) is 4.71. The minimum atomic E-state index is -1.80. The van der Waals surface area contributed by atoms with Crippen LogP contribution in [0.5, 0.6) is 0 Å². The largest absolute Gasteiger partial charge is 0.362 e. The second-order valence-corrected chi connectivity index (χ2v) is 4.71. The minimum Gasteiger partial charge on any atom is -0.362 e. The van der Waals surface area contributed by atoms with Crippen LogP contribution in [0.15, 0.2) is 24.3 Å². The van der Waals surface area contributed by atoms with Crippen LogP contribution < -0.4 is 5.32 Å². The Morgan fingerprint density at radius 3 is 2.83 bits per heavy atom. The third kappa shape index (κ3) is 1.19. The van der Waals surface area contributed by atoms with E-state index in [1.807, 2.05) is 13.0 Å². The monoisotopic (exact) mass is 246 g/mol.